The van der Waals surface area contributed by atoms with Crippen molar-refractivity contribution >= 4 is 11.8 Å². The van der Waals surface area contributed by atoms with Gasteiger partial charge in [-0.15, -0.1) is 0 Å². The minimum Gasteiger partial charge on any atom is -0.383 e. The molecular formula is C22H30FN3O3. The molecule has 2 spiro atoms. The second-order valence-corrected chi connectivity index (χ2v) is 8.84. The molecular weight excluding hydrogens is 373 g/mol. The molecule has 7 heteroatoms. The first-order chi connectivity index (χ1) is 13.9. The van der Waals surface area contributed by atoms with E-state index in [1.807, 2.05) is 16.8 Å². The van der Waals surface area contributed by atoms with Crippen LogP contribution in [0.5, 0.6) is 0 Å². The summed E-state index contributed by atoms with van der Waals surface area (Å²) in [5, 5.41) is 0. The number of amides is 2. The maximum atomic E-state index is 13.2. The highest BCUT2D eigenvalue weighted by molar-refractivity contribution is 5.94. The van der Waals surface area contributed by atoms with Crippen LogP contribution in [-0.4, -0.2) is 86.5 Å². The summed E-state index contributed by atoms with van der Waals surface area (Å²) in [6, 6.07) is 5.73. The van der Waals surface area contributed by atoms with E-state index < -0.39 is 0 Å². The first-order valence-electron chi connectivity index (χ1n) is 10.4. The Morgan fingerprint density at radius 1 is 1.10 bits per heavy atom. The Labute approximate surface area is 171 Å². The number of benzene rings is 1. The van der Waals surface area contributed by atoms with Gasteiger partial charge in [0.1, 0.15) is 5.82 Å². The van der Waals surface area contributed by atoms with E-state index in [4.69, 9.17) is 4.74 Å². The number of likely N-dealkylation sites (tertiary alicyclic amines) is 3. The zero-order valence-corrected chi connectivity index (χ0v) is 17.3. The third kappa shape index (κ3) is 3.34. The van der Waals surface area contributed by atoms with E-state index in [0.29, 0.717) is 25.3 Å². The number of hydrogen-bond donors (Lipinski definition) is 0. The fourth-order valence-corrected chi connectivity index (χ4v) is 5.68. The van der Waals surface area contributed by atoms with Gasteiger partial charge in [0.25, 0.3) is 5.91 Å². The number of ether oxygens (including phenoxy) is 1. The van der Waals surface area contributed by atoms with Crippen LogP contribution in [0.4, 0.5) is 4.39 Å². The molecule has 2 amide bonds. The van der Waals surface area contributed by atoms with E-state index in [2.05, 4.69) is 4.90 Å². The average molecular weight is 403 g/mol. The maximum absolute atomic E-state index is 13.2. The lowest BCUT2D eigenvalue weighted by molar-refractivity contribution is -0.141. The molecule has 3 saturated heterocycles. The minimum absolute atomic E-state index is 0.0574. The van der Waals surface area contributed by atoms with Crippen LogP contribution in [0.3, 0.4) is 0 Å². The Kier molecular flexibility index (Phi) is 5.38. The maximum Gasteiger partial charge on any atom is 0.253 e. The van der Waals surface area contributed by atoms with Gasteiger partial charge in [0.2, 0.25) is 5.91 Å². The second-order valence-electron chi connectivity index (χ2n) is 8.84. The van der Waals surface area contributed by atoms with Gasteiger partial charge in [-0.05, 0) is 43.5 Å². The third-order valence-corrected chi connectivity index (χ3v) is 7.38. The molecule has 0 radical (unpaired) electrons. The standard InChI is InChI=1S/C22H30FN3O3/c1-24-10-9-22(20(24)28)16-25(13-14-29-2)15-21(22)7-11-26(12-8-21)19(27)17-3-5-18(23)6-4-17/h3-6H,7-16H2,1-2H3. The molecule has 29 heavy (non-hydrogen) atoms. The number of methoxy groups -OCH3 is 1. The first kappa shape index (κ1) is 20.3. The van der Waals surface area contributed by atoms with Crippen molar-refractivity contribution in [3.8, 4) is 0 Å². The van der Waals surface area contributed by atoms with Crippen molar-refractivity contribution in [2.75, 3.05) is 60.0 Å². The number of halogens is 1. The molecule has 0 saturated carbocycles. The summed E-state index contributed by atoms with van der Waals surface area (Å²) in [4.78, 5) is 32.2. The zero-order chi connectivity index (χ0) is 20.6. The monoisotopic (exact) mass is 403 g/mol. The smallest absolute Gasteiger partial charge is 0.253 e. The molecule has 3 heterocycles. The molecule has 6 nitrogen and oxygen atoms in total. The van der Waals surface area contributed by atoms with Gasteiger partial charge in [-0.2, -0.15) is 0 Å². The van der Waals surface area contributed by atoms with Crippen molar-refractivity contribution in [1.82, 2.24) is 14.7 Å². The topological polar surface area (TPSA) is 53.1 Å². The van der Waals surface area contributed by atoms with Crippen molar-refractivity contribution in [1.29, 1.82) is 0 Å². The van der Waals surface area contributed by atoms with Gasteiger partial charge in [-0.1, -0.05) is 0 Å². The summed E-state index contributed by atoms with van der Waals surface area (Å²) in [5.74, 6) is -0.138. The number of rotatable bonds is 4. The molecule has 3 aliphatic heterocycles. The average Bonchev–Trinajstić information content (AvgIpc) is 3.19. The first-order valence-corrected chi connectivity index (χ1v) is 10.4. The summed E-state index contributed by atoms with van der Waals surface area (Å²) in [6.45, 7) is 5.22. The summed E-state index contributed by atoms with van der Waals surface area (Å²) < 4.78 is 18.4. The van der Waals surface area contributed by atoms with Gasteiger partial charge >= 0.3 is 0 Å². The number of hydrogen-bond acceptors (Lipinski definition) is 4. The predicted octanol–water partition coefficient (Wildman–Crippen LogP) is 1.86. The van der Waals surface area contributed by atoms with Crippen molar-refractivity contribution in [2.45, 2.75) is 19.3 Å². The van der Waals surface area contributed by atoms with Crippen LogP contribution < -0.4 is 0 Å². The van der Waals surface area contributed by atoms with Gasteiger partial charge in [0.05, 0.1) is 12.0 Å². The largest absolute Gasteiger partial charge is 0.383 e. The number of piperidine rings is 1. The molecule has 0 aromatic heterocycles. The summed E-state index contributed by atoms with van der Waals surface area (Å²) in [6.07, 6.45) is 2.53. The van der Waals surface area contributed by atoms with E-state index in [1.54, 1.807) is 19.2 Å². The molecule has 4 rings (SSSR count). The van der Waals surface area contributed by atoms with Crippen LogP contribution in [0.1, 0.15) is 29.6 Å². The van der Waals surface area contributed by atoms with E-state index in [0.717, 1.165) is 45.4 Å². The molecule has 0 bridgehead atoms. The normalized spacial score (nSPS) is 26.8. The molecule has 1 aromatic rings. The lowest BCUT2D eigenvalue weighted by atomic mass is 9.60. The van der Waals surface area contributed by atoms with E-state index >= 15 is 0 Å². The fourth-order valence-electron chi connectivity index (χ4n) is 5.68. The van der Waals surface area contributed by atoms with E-state index in [9.17, 15) is 14.0 Å². The third-order valence-electron chi connectivity index (χ3n) is 7.38. The highest BCUT2D eigenvalue weighted by atomic mass is 19.1. The highest BCUT2D eigenvalue weighted by Gasteiger charge is 2.64. The molecule has 1 atom stereocenters. The Balaban J connectivity index is 1.52. The number of carbonyl (C=O) groups is 2. The van der Waals surface area contributed by atoms with Crippen LogP contribution in [-0.2, 0) is 9.53 Å². The molecule has 1 aromatic carbocycles. The minimum atomic E-state index is -0.347. The Morgan fingerprint density at radius 2 is 1.79 bits per heavy atom. The van der Waals surface area contributed by atoms with Gasteiger partial charge < -0.3 is 14.5 Å². The van der Waals surface area contributed by atoms with Crippen molar-refractivity contribution < 1.29 is 18.7 Å². The van der Waals surface area contributed by atoms with Gasteiger partial charge in [-0.3, -0.25) is 14.5 Å². The van der Waals surface area contributed by atoms with Gasteiger partial charge in [0, 0.05) is 64.4 Å². The van der Waals surface area contributed by atoms with Crippen molar-refractivity contribution in [3.05, 3.63) is 35.6 Å². The Bertz CT molecular complexity index is 776. The Morgan fingerprint density at radius 3 is 2.38 bits per heavy atom. The molecule has 158 valence electrons. The summed E-state index contributed by atoms with van der Waals surface area (Å²) in [5.41, 5.74) is 0.0738. The summed E-state index contributed by atoms with van der Waals surface area (Å²) >= 11 is 0. The molecule has 0 aliphatic carbocycles. The summed E-state index contributed by atoms with van der Waals surface area (Å²) in [7, 11) is 3.60. The molecule has 3 aliphatic rings. The fraction of sp³-hybridized carbons (Fsp3) is 0.636. The number of carbonyl (C=O) groups excluding carboxylic acids is 2. The van der Waals surface area contributed by atoms with Crippen LogP contribution >= 0.6 is 0 Å². The van der Waals surface area contributed by atoms with Crippen LogP contribution in [0, 0.1) is 16.6 Å². The van der Waals surface area contributed by atoms with E-state index in [-0.39, 0.29) is 28.5 Å². The van der Waals surface area contributed by atoms with E-state index in [1.165, 1.54) is 12.1 Å². The van der Waals surface area contributed by atoms with Crippen molar-refractivity contribution in [2.24, 2.45) is 10.8 Å². The van der Waals surface area contributed by atoms with Gasteiger partial charge in [0.15, 0.2) is 0 Å². The van der Waals surface area contributed by atoms with Crippen LogP contribution in [0.2, 0.25) is 0 Å². The van der Waals surface area contributed by atoms with Crippen LogP contribution in [0.25, 0.3) is 0 Å². The van der Waals surface area contributed by atoms with Crippen LogP contribution in [0.15, 0.2) is 24.3 Å². The quantitative estimate of drug-likeness (QED) is 0.770. The van der Waals surface area contributed by atoms with Gasteiger partial charge in [-0.25, -0.2) is 4.39 Å². The SMILES string of the molecule is COCCN1CC2(CCN(C(=O)c3ccc(F)cc3)CC2)C2(CCN(C)C2=O)C1. The lowest BCUT2D eigenvalue weighted by Crippen LogP contribution is -2.53. The number of fused-ring (bicyclic) bond motifs is 1. The van der Waals surface area contributed by atoms with Crippen molar-refractivity contribution in [3.63, 3.8) is 0 Å². The molecule has 1 unspecified atom stereocenters. The second kappa shape index (κ2) is 7.69. The zero-order valence-electron chi connectivity index (χ0n) is 17.3. The number of nitrogens with zero attached hydrogens (tertiary/aromatic N) is 3. The predicted molar refractivity (Wildman–Crippen MR) is 107 cm³/mol. The lowest BCUT2D eigenvalue weighted by Gasteiger charge is -2.47. The molecule has 0 N–H and O–H groups in total. The Hall–Kier alpha value is -1.99. The molecule has 3 fully saturated rings. The highest BCUT2D eigenvalue weighted by Crippen LogP contribution is 2.57.